The fraction of sp³-hybridized carbons (Fsp3) is 0.500. The summed E-state index contributed by atoms with van der Waals surface area (Å²) in [5.41, 5.74) is 0. The molecule has 1 saturated heterocycles. The predicted octanol–water partition coefficient (Wildman–Crippen LogP) is 1.73. The minimum Gasteiger partial charge on any atom is -0.484 e. The fourth-order valence-electron chi connectivity index (χ4n) is 2.57. The van der Waals surface area contributed by atoms with Gasteiger partial charge in [0.15, 0.2) is 6.61 Å². The molecule has 1 aromatic rings. The lowest BCUT2D eigenvalue weighted by Crippen LogP contribution is -2.51. The fourth-order valence-corrected chi connectivity index (χ4v) is 2.70. The number of halogens is 1. The predicted molar refractivity (Wildman–Crippen MR) is 96.0 cm³/mol. The molecular weight excluding hydrogens is 360 g/mol. The zero-order valence-electron chi connectivity index (χ0n) is 14.8. The van der Waals surface area contributed by atoms with Gasteiger partial charge in [-0.15, -0.1) is 0 Å². The molecule has 26 heavy (non-hydrogen) atoms. The van der Waals surface area contributed by atoms with E-state index in [-0.39, 0.29) is 37.2 Å². The Morgan fingerprint density at radius 3 is 2.12 bits per heavy atom. The van der Waals surface area contributed by atoms with Crippen LogP contribution in [0.15, 0.2) is 24.3 Å². The molecule has 0 spiro atoms. The SMILES string of the molecule is CCOC(=O)CCC(=O)N1CCN(C(=O)COc2ccc(Cl)cc2)CC1. The summed E-state index contributed by atoms with van der Waals surface area (Å²) in [6, 6.07) is 6.80. The van der Waals surface area contributed by atoms with E-state index in [2.05, 4.69) is 0 Å². The molecule has 0 aliphatic carbocycles. The van der Waals surface area contributed by atoms with Crippen LogP contribution < -0.4 is 4.74 Å². The molecule has 0 aromatic heterocycles. The van der Waals surface area contributed by atoms with Crippen molar-refractivity contribution in [3.63, 3.8) is 0 Å². The van der Waals surface area contributed by atoms with Crippen LogP contribution >= 0.6 is 11.6 Å². The van der Waals surface area contributed by atoms with Gasteiger partial charge in [0.25, 0.3) is 5.91 Å². The third-order valence-electron chi connectivity index (χ3n) is 4.01. The maximum atomic E-state index is 12.2. The van der Waals surface area contributed by atoms with E-state index in [1.54, 1.807) is 41.0 Å². The van der Waals surface area contributed by atoms with Gasteiger partial charge in [-0.05, 0) is 31.2 Å². The van der Waals surface area contributed by atoms with Crippen LogP contribution in [0, 0.1) is 0 Å². The average Bonchev–Trinajstić information content (AvgIpc) is 2.66. The van der Waals surface area contributed by atoms with Crippen LogP contribution in [-0.2, 0) is 19.1 Å². The van der Waals surface area contributed by atoms with E-state index in [9.17, 15) is 14.4 Å². The molecule has 1 heterocycles. The van der Waals surface area contributed by atoms with Gasteiger partial charge in [-0.1, -0.05) is 11.6 Å². The molecule has 1 aliphatic heterocycles. The lowest BCUT2D eigenvalue weighted by atomic mass is 10.2. The van der Waals surface area contributed by atoms with Gasteiger partial charge in [0.1, 0.15) is 5.75 Å². The average molecular weight is 383 g/mol. The molecule has 0 atom stereocenters. The smallest absolute Gasteiger partial charge is 0.306 e. The third kappa shape index (κ3) is 6.22. The van der Waals surface area contributed by atoms with Crippen LogP contribution in [0.2, 0.25) is 5.02 Å². The Balaban J connectivity index is 1.69. The van der Waals surface area contributed by atoms with Crippen molar-refractivity contribution in [3.8, 4) is 5.75 Å². The van der Waals surface area contributed by atoms with Crippen molar-refractivity contribution in [2.45, 2.75) is 19.8 Å². The highest BCUT2D eigenvalue weighted by atomic mass is 35.5. The Kier molecular flexibility index (Phi) is 7.72. The Morgan fingerprint density at radius 2 is 1.54 bits per heavy atom. The molecule has 1 aliphatic rings. The second kappa shape index (κ2) is 10.0. The number of piperazine rings is 1. The monoisotopic (exact) mass is 382 g/mol. The van der Waals surface area contributed by atoms with E-state index >= 15 is 0 Å². The molecule has 0 N–H and O–H groups in total. The third-order valence-corrected chi connectivity index (χ3v) is 4.26. The second-order valence-corrected chi connectivity index (χ2v) is 6.25. The summed E-state index contributed by atoms with van der Waals surface area (Å²) in [7, 11) is 0. The van der Waals surface area contributed by atoms with Gasteiger partial charge in [-0.25, -0.2) is 0 Å². The number of nitrogens with zero attached hydrogens (tertiary/aromatic N) is 2. The molecule has 0 saturated carbocycles. The number of carbonyl (C=O) groups is 3. The van der Waals surface area contributed by atoms with Gasteiger partial charge in [0.05, 0.1) is 13.0 Å². The maximum Gasteiger partial charge on any atom is 0.306 e. The van der Waals surface area contributed by atoms with Crippen LogP contribution in [0.1, 0.15) is 19.8 Å². The molecule has 1 fully saturated rings. The molecule has 7 nitrogen and oxygen atoms in total. The molecule has 0 radical (unpaired) electrons. The minimum absolute atomic E-state index is 0.0571. The zero-order chi connectivity index (χ0) is 18.9. The van der Waals surface area contributed by atoms with Crippen molar-refractivity contribution >= 4 is 29.4 Å². The lowest BCUT2D eigenvalue weighted by Gasteiger charge is -2.34. The van der Waals surface area contributed by atoms with Gasteiger partial charge in [0, 0.05) is 37.6 Å². The number of amides is 2. The first-order valence-corrected chi connectivity index (χ1v) is 8.97. The Hall–Kier alpha value is -2.28. The number of hydrogen-bond donors (Lipinski definition) is 0. The van der Waals surface area contributed by atoms with Crippen molar-refractivity contribution in [2.24, 2.45) is 0 Å². The number of benzene rings is 1. The quantitative estimate of drug-likeness (QED) is 0.671. The van der Waals surface area contributed by atoms with E-state index in [1.807, 2.05) is 0 Å². The summed E-state index contributed by atoms with van der Waals surface area (Å²) < 4.78 is 10.3. The first-order valence-electron chi connectivity index (χ1n) is 8.59. The Labute approximate surface area is 157 Å². The zero-order valence-corrected chi connectivity index (χ0v) is 15.5. The number of ether oxygens (including phenoxy) is 2. The highest BCUT2D eigenvalue weighted by Gasteiger charge is 2.24. The van der Waals surface area contributed by atoms with Crippen molar-refractivity contribution in [2.75, 3.05) is 39.4 Å². The molecule has 0 bridgehead atoms. The summed E-state index contributed by atoms with van der Waals surface area (Å²) in [5.74, 6) is -0.00863. The van der Waals surface area contributed by atoms with Crippen LogP contribution in [0.4, 0.5) is 0 Å². The van der Waals surface area contributed by atoms with E-state index in [1.165, 1.54) is 0 Å². The van der Waals surface area contributed by atoms with Crippen molar-refractivity contribution < 1.29 is 23.9 Å². The topological polar surface area (TPSA) is 76.2 Å². The summed E-state index contributed by atoms with van der Waals surface area (Å²) in [6.45, 7) is 3.79. The van der Waals surface area contributed by atoms with Crippen LogP contribution in [-0.4, -0.2) is 67.0 Å². The first-order chi connectivity index (χ1) is 12.5. The van der Waals surface area contributed by atoms with Gasteiger partial charge in [0.2, 0.25) is 5.91 Å². The molecule has 2 rings (SSSR count). The van der Waals surface area contributed by atoms with Crippen molar-refractivity contribution in [1.29, 1.82) is 0 Å². The standard InChI is InChI=1S/C18H23ClN2O5/c1-2-25-18(24)8-7-16(22)20-9-11-21(12-10-20)17(23)13-26-15-5-3-14(19)4-6-15/h3-6H,2,7-13H2,1H3. The van der Waals surface area contributed by atoms with E-state index < -0.39 is 0 Å². The van der Waals surface area contributed by atoms with Crippen LogP contribution in [0.5, 0.6) is 5.75 Å². The van der Waals surface area contributed by atoms with Crippen LogP contribution in [0.25, 0.3) is 0 Å². The van der Waals surface area contributed by atoms with Crippen molar-refractivity contribution in [1.82, 2.24) is 9.80 Å². The van der Waals surface area contributed by atoms with Crippen LogP contribution in [0.3, 0.4) is 0 Å². The summed E-state index contributed by atoms with van der Waals surface area (Å²) >= 11 is 5.80. The van der Waals surface area contributed by atoms with Gasteiger partial charge in [-0.3, -0.25) is 14.4 Å². The highest BCUT2D eigenvalue weighted by Crippen LogP contribution is 2.15. The summed E-state index contributed by atoms with van der Waals surface area (Å²) in [5, 5.41) is 0.604. The molecule has 142 valence electrons. The molecule has 0 unspecified atom stereocenters. The first kappa shape index (κ1) is 20.0. The molecule has 1 aromatic carbocycles. The molecule has 2 amide bonds. The highest BCUT2D eigenvalue weighted by molar-refractivity contribution is 6.30. The van der Waals surface area contributed by atoms with E-state index in [0.717, 1.165) is 0 Å². The Morgan fingerprint density at radius 1 is 0.962 bits per heavy atom. The number of esters is 1. The lowest BCUT2D eigenvalue weighted by molar-refractivity contribution is -0.146. The van der Waals surface area contributed by atoms with Gasteiger partial charge >= 0.3 is 5.97 Å². The summed E-state index contributed by atoms with van der Waals surface area (Å²) in [6.07, 6.45) is 0.215. The largest absolute Gasteiger partial charge is 0.484 e. The number of carbonyl (C=O) groups excluding carboxylic acids is 3. The van der Waals surface area contributed by atoms with Gasteiger partial charge in [-0.2, -0.15) is 0 Å². The molecular formula is C18H23ClN2O5. The normalized spacial score (nSPS) is 14.1. The van der Waals surface area contributed by atoms with E-state index in [0.29, 0.717) is 43.6 Å². The van der Waals surface area contributed by atoms with E-state index in [4.69, 9.17) is 21.1 Å². The second-order valence-electron chi connectivity index (χ2n) is 5.81. The number of hydrogen-bond acceptors (Lipinski definition) is 5. The van der Waals surface area contributed by atoms with Gasteiger partial charge < -0.3 is 19.3 Å². The summed E-state index contributed by atoms with van der Waals surface area (Å²) in [4.78, 5) is 39.0. The number of rotatable bonds is 7. The van der Waals surface area contributed by atoms with Crippen molar-refractivity contribution in [3.05, 3.63) is 29.3 Å². The maximum absolute atomic E-state index is 12.2. The minimum atomic E-state index is -0.367. The molecule has 8 heteroatoms. The Bertz CT molecular complexity index is 627.